The van der Waals surface area contributed by atoms with E-state index in [1.165, 1.54) is 6.20 Å². The lowest BCUT2D eigenvalue weighted by atomic mass is 10.4. The number of rotatable bonds is 6. The fraction of sp³-hybridized carbons (Fsp3) is 0.333. The first-order valence-electron chi connectivity index (χ1n) is 5.02. The van der Waals surface area contributed by atoms with Crippen molar-refractivity contribution < 1.29 is 17.9 Å². The van der Waals surface area contributed by atoms with Crippen molar-refractivity contribution in [1.29, 1.82) is 0 Å². The van der Waals surface area contributed by atoms with Gasteiger partial charge in [0.25, 0.3) is 10.0 Å². The number of nitrogens with two attached hydrogens (primary N) is 1. The van der Waals surface area contributed by atoms with Crippen molar-refractivity contribution in [3.8, 4) is 0 Å². The van der Waals surface area contributed by atoms with Gasteiger partial charge in [0.2, 0.25) is 0 Å². The van der Waals surface area contributed by atoms with E-state index in [9.17, 15) is 13.2 Å². The lowest BCUT2D eigenvalue weighted by Crippen LogP contribution is -2.30. The Bertz CT molecular complexity index is 517. The molecule has 8 nitrogen and oxygen atoms in total. The van der Waals surface area contributed by atoms with E-state index >= 15 is 0 Å². The van der Waals surface area contributed by atoms with Crippen molar-refractivity contribution in [1.82, 2.24) is 9.71 Å². The lowest BCUT2D eigenvalue weighted by Gasteiger charge is -2.09. The van der Waals surface area contributed by atoms with Gasteiger partial charge in [0, 0.05) is 19.8 Å². The number of anilines is 1. The molecule has 0 aliphatic rings. The third-order valence-electron chi connectivity index (χ3n) is 1.93. The minimum Gasteiger partial charge on any atom is -0.448 e. The molecule has 0 unspecified atom stereocenters. The number of nitrogens with zero attached hydrogens (tertiary/aromatic N) is 1. The van der Waals surface area contributed by atoms with E-state index < -0.39 is 16.1 Å². The fourth-order valence-electron chi connectivity index (χ4n) is 1.19. The van der Waals surface area contributed by atoms with Crippen LogP contribution in [-0.4, -0.2) is 39.7 Å². The Balaban J connectivity index is 2.71. The van der Waals surface area contributed by atoms with Crippen LogP contribution in [0.5, 0.6) is 0 Å². The predicted octanol–water partition coefficient (Wildman–Crippen LogP) is -0.503. The van der Waals surface area contributed by atoms with Crippen LogP contribution in [0.3, 0.4) is 0 Å². The Morgan fingerprint density at radius 1 is 1.56 bits per heavy atom. The minimum absolute atomic E-state index is 0.0784. The maximum atomic E-state index is 11.9. The monoisotopic (exact) mass is 274 g/mol. The number of ether oxygens (including phenoxy) is 1. The van der Waals surface area contributed by atoms with Crippen molar-refractivity contribution in [2.45, 2.75) is 5.03 Å². The largest absolute Gasteiger partial charge is 0.448 e. The third kappa shape index (κ3) is 3.86. The number of amides is 1. The van der Waals surface area contributed by atoms with Crippen LogP contribution in [0.25, 0.3) is 0 Å². The quantitative estimate of drug-likeness (QED) is 0.601. The van der Waals surface area contributed by atoms with Gasteiger partial charge in [-0.25, -0.2) is 22.9 Å². The molecule has 1 aromatic rings. The number of hydrogen-bond donors (Lipinski definition) is 3. The highest BCUT2D eigenvalue weighted by molar-refractivity contribution is 7.89. The summed E-state index contributed by atoms with van der Waals surface area (Å²) < 4.78 is 30.4. The van der Waals surface area contributed by atoms with E-state index in [0.717, 1.165) is 0 Å². The Labute approximate surface area is 105 Å². The van der Waals surface area contributed by atoms with Crippen molar-refractivity contribution >= 4 is 21.8 Å². The Hall–Kier alpha value is -1.87. The zero-order chi connectivity index (χ0) is 13.6. The van der Waals surface area contributed by atoms with Gasteiger partial charge >= 0.3 is 6.09 Å². The molecule has 0 radical (unpaired) electrons. The smallest absolute Gasteiger partial charge is 0.404 e. The number of primary amides is 1. The molecule has 100 valence electrons. The molecule has 0 aliphatic heterocycles. The summed E-state index contributed by atoms with van der Waals surface area (Å²) in [6.07, 6.45) is 0.415. The summed E-state index contributed by atoms with van der Waals surface area (Å²) in [5.74, 6) is 0. The Morgan fingerprint density at radius 3 is 2.89 bits per heavy atom. The molecule has 0 spiro atoms. The molecule has 1 amide bonds. The molecular weight excluding hydrogens is 260 g/mol. The highest BCUT2D eigenvalue weighted by Gasteiger charge is 2.18. The van der Waals surface area contributed by atoms with Crippen LogP contribution in [0.2, 0.25) is 0 Å². The number of pyridine rings is 1. The van der Waals surface area contributed by atoms with Crippen LogP contribution >= 0.6 is 0 Å². The normalized spacial score (nSPS) is 10.9. The molecule has 0 bridgehead atoms. The first-order valence-corrected chi connectivity index (χ1v) is 6.50. The molecule has 1 rings (SSSR count). The van der Waals surface area contributed by atoms with Crippen molar-refractivity contribution in [2.24, 2.45) is 5.73 Å². The summed E-state index contributed by atoms with van der Waals surface area (Å²) in [5.41, 5.74) is 5.11. The van der Waals surface area contributed by atoms with Crippen LogP contribution in [-0.2, 0) is 14.8 Å². The highest BCUT2D eigenvalue weighted by Crippen LogP contribution is 2.16. The maximum Gasteiger partial charge on any atom is 0.404 e. The van der Waals surface area contributed by atoms with Gasteiger partial charge in [0.05, 0.1) is 5.69 Å². The second-order valence-electron chi connectivity index (χ2n) is 3.17. The van der Waals surface area contributed by atoms with E-state index in [-0.39, 0.29) is 18.2 Å². The van der Waals surface area contributed by atoms with Gasteiger partial charge in [-0.2, -0.15) is 0 Å². The summed E-state index contributed by atoms with van der Waals surface area (Å²) >= 11 is 0. The molecule has 0 saturated carbocycles. The highest BCUT2D eigenvalue weighted by atomic mass is 32.2. The van der Waals surface area contributed by atoms with Gasteiger partial charge in [-0.05, 0) is 12.1 Å². The number of aromatic nitrogens is 1. The summed E-state index contributed by atoms with van der Waals surface area (Å²) in [5, 5.41) is 2.60. The summed E-state index contributed by atoms with van der Waals surface area (Å²) in [6.45, 7) is -0.221. The SMILES string of the molecule is CNc1cccnc1S(=O)(=O)NCCOC(N)=O. The minimum atomic E-state index is -3.76. The number of hydrogen-bond acceptors (Lipinski definition) is 6. The number of nitrogens with one attached hydrogen (secondary N) is 2. The van der Waals surface area contributed by atoms with E-state index in [1.54, 1.807) is 19.2 Å². The Kier molecular flexibility index (Phi) is 4.86. The molecule has 0 aliphatic carbocycles. The topological polar surface area (TPSA) is 123 Å². The molecule has 0 fully saturated rings. The van der Waals surface area contributed by atoms with Crippen LogP contribution in [0.1, 0.15) is 0 Å². The van der Waals surface area contributed by atoms with Crippen LogP contribution in [0.15, 0.2) is 23.4 Å². The average Bonchev–Trinajstić information content (AvgIpc) is 2.34. The van der Waals surface area contributed by atoms with Crippen molar-refractivity contribution in [3.05, 3.63) is 18.3 Å². The average molecular weight is 274 g/mol. The van der Waals surface area contributed by atoms with Crippen molar-refractivity contribution in [3.63, 3.8) is 0 Å². The van der Waals surface area contributed by atoms with Crippen LogP contribution in [0.4, 0.5) is 10.5 Å². The second-order valence-corrected chi connectivity index (χ2v) is 4.85. The maximum absolute atomic E-state index is 11.9. The molecule has 4 N–H and O–H groups in total. The molecule has 0 aromatic carbocycles. The van der Waals surface area contributed by atoms with E-state index in [1.807, 2.05) is 0 Å². The second kappa shape index (κ2) is 6.17. The standard InChI is InChI=1S/C9H14N4O4S/c1-11-7-3-2-4-12-8(7)18(15,16)13-5-6-17-9(10)14/h2-4,11,13H,5-6H2,1H3,(H2,10,14). The van der Waals surface area contributed by atoms with E-state index in [2.05, 4.69) is 19.8 Å². The molecule has 9 heteroatoms. The zero-order valence-electron chi connectivity index (χ0n) is 9.71. The first-order chi connectivity index (χ1) is 8.47. The summed E-state index contributed by atoms with van der Waals surface area (Å²) in [6, 6.07) is 3.20. The lowest BCUT2D eigenvalue weighted by molar-refractivity contribution is 0.159. The molecule has 1 aromatic heterocycles. The number of carbonyl (C=O) groups is 1. The summed E-state index contributed by atoms with van der Waals surface area (Å²) in [4.78, 5) is 14.1. The fourth-order valence-corrected chi connectivity index (χ4v) is 2.34. The van der Waals surface area contributed by atoms with Gasteiger partial charge in [0.1, 0.15) is 6.61 Å². The van der Waals surface area contributed by atoms with Gasteiger partial charge in [-0.3, -0.25) is 0 Å². The predicted molar refractivity (Wildman–Crippen MR) is 64.5 cm³/mol. The van der Waals surface area contributed by atoms with Crippen molar-refractivity contribution in [2.75, 3.05) is 25.5 Å². The van der Waals surface area contributed by atoms with E-state index in [0.29, 0.717) is 5.69 Å². The zero-order valence-corrected chi connectivity index (χ0v) is 10.5. The third-order valence-corrected chi connectivity index (χ3v) is 3.35. The van der Waals surface area contributed by atoms with Gasteiger partial charge in [0.15, 0.2) is 5.03 Å². The van der Waals surface area contributed by atoms with Gasteiger partial charge in [-0.1, -0.05) is 0 Å². The molecule has 18 heavy (non-hydrogen) atoms. The summed E-state index contributed by atoms with van der Waals surface area (Å²) in [7, 11) is -2.17. The molecular formula is C9H14N4O4S. The van der Waals surface area contributed by atoms with Crippen LogP contribution < -0.4 is 15.8 Å². The van der Waals surface area contributed by atoms with Gasteiger partial charge in [-0.15, -0.1) is 0 Å². The first kappa shape index (κ1) is 14.2. The van der Waals surface area contributed by atoms with Crippen LogP contribution in [0, 0.1) is 0 Å². The van der Waals surface area contributed by atoms with Gasteiger partial charge < -0.3 is 15.8 Å². The molecule has 0 atom stereocenters. The van der Waals surface area contributed by atoms with E-state index in [4.69, 9.17) is 5.73 Å². The Morgan fingerprint density at radius 2 is 2.28 bits per heavy atom. The number of sulfonamides is 1. The molecule has 0 saturated heterocycles. The molecule has 1 heterocycles. The number of carbonyl (C=O) groups excluding carboxylic acids is 1.